The third-order valence-electron chi connectivity index (χ3n) is 3.79. The normalized spacial score (nSPS) is 30.0. The van der Waals surface area contributed by atoms with Crippen LogP contribution in [0.5, 0.6) is 0 Å². The van der Waals surface area contributed by atoms with Crippen LogP contribution >= 0.6 is 11.8 Å². The Morgan fingerprint density at radius 2 is 1.78 bits per heavy atom. The topological polar surface area (TPSA) is 56.8 Å². The Balaban J connectivity index is 2.84. The van der Waals surface area contributed by atoms with E-state index in [1.54, 1.807) is 0 Å². The molecule has 0 unspecified atom stereocenters. The van der Waals surface area contributed by atoms with Crippen LogP contribution in [0.4, 0.5) is 0 Å². The van der Waals surface area contributed by atoms with E-state index >= 15 is 0 Å². The van der Waals surface area contributed by atoms with Gasteiger partial charge in [-0.05, 0) is 49.8 Å². The summed E-state index contributed by atoms with van der Waals surface area (Å²) in [6, 6.07) is -0.478. The smallest absolute Gasteiger partial charge is 0.324 e. The van der Waals surface area contributed by atoms with Gasteiger partial charge in [0.1, 0.15) is 18.2 Å². The molecule has 0 saturated carbocycles. The SMILES string of the molecule is CC(C)CO[C@H]1[C@H](C)OC(=O)[C@@H](NCl)CCC[C@@H]1OCC(C)C. The van der Waals surface area contributed by atoms with Crippen LogP contribution in [0, 0.1) is 11.8 Å². The Kier molecular flexibility index (Phi) is 9.44. The zero-order valence-corrected chi connectivity index (χ0v) is 15.8. The van der Waals surface area contributed by atoms with Gasteiger partial charge in [0.05, 0.1) is 6.10 Å². The van der Waals surface area contributed by atoms with Gasteiger partial charge in [0.2, 0.25) is 0 Å². The molecule has 6 heteroatoms. The number of halogens is 1. The summed E-state index contributed by atoms with van der Waals surface area (Å²) >= 11 is 5.67. The van der Waals surface area contributed by atoms with E-state index in [2.05, 4.69) is 32.5 Å². The zero-order valence-electron chi connectivity index (χ0n) is 15.0. The molecule has 4 atom stereocenters. The van der Waals surface area contributed by atoms with Crippen molar-refractivity contribution < 1.29 is 19.0 Å². The van der Waals surface area contributed by atoms with Crippen molar-refractivity contribution in [2.24, 2.45) is 11.8 Å². The van der Waals surface area contributed by atoms with Gasteiger partial charge in [-0.3, -0.25) is 4.79 Å². The average molecular weight is 350 g/mol. The number of ether oxygens (including phenoxy) is 3. The van der Waals surface area contributed by atoms with Crippen molar-refractivity contribution in [2.75, 3.05) is 13.2 Å². The van der Waals surface area contributed by atoms with Gasteiger partial charge in [-0.25, -0.2) is 4.84 Å². The van der Waals surface area contributed by atoms with Gasteiger partial charge in [0.15, 0.2) is 0 Å². The van der Waals surface area contributed by atoms with Crippen LogP contribution in [-0.2, 0) is 19.0 Å². The quantitative estimate of drug-likeness (QED) is 0.564. The number of nitrogens with one attached hydrogen (secondary N) is 1. The molecule has 1 fully saturated rings. The molecule has 1 aliphatic heterocycles. The molecule has 1 rings (SSSR count). The first-order chi connectivity index (χ1) is 10.8. The molecule has 1 N–H and O–H groups in total. The summed E-state index contributed by atoms with van der Waals surface area (Å²) < 4.78 is 17.7. The maximum atomic E-state index is 12.2. The van der Waals surface area contributed by atoms with E-state index in [9.17, 15) is 4.79 Å². The van der Waals surface area contributed by atoms with Gasteiger partial charge >= 0.3 is 5.97 Å². The molecule has 136 valence electrons. The standard InChI is InChI=1S/C17H32ClNO4/c1-11(2)9-21-15-8-6-7-14(19-18)17(20)23-13(5)16(15)22-10-12(3)4/h11-16,19H,6-10H2,1-5H3/t13-,14-,15-,16-/m0/s1. The summed E-state index contributed by atoms with van der Waals surface area (Å²) in [6.07, 6.45) is 1.58. The predicted octanol–water partition coefficient (Wildman–Crippen LogP) is 3.30. The summed E-state index contributed by atoms with van der Waals surface area (Å²) in [5.41, 5.74) is 0. The van der Waals surface area contributed by atoms with E-state index in [0.717, 1.165) is 12.8 Å². The molecule has 0 bridgehead atoms. The highest BCUT2D eigenvalue weighted by atomic mass is 35.5. The Morgan fingerprint density at radius 1 is 1.17 bits per heavy atom. The fourth-order valence-electron chi connectivity index (χ4n) is 2.58. The second kappa shape index (κ2) is 10.5. The highest BCUT2D eigenvalue weighted by molar-refractivity contribution is 6.14. The highest BCUT2D eigenvalue weighted by Crippen LogP contribution is 2.23. The first-order valence-electron chi connectivity index (χ1n) is 8.65. The number of cyclic esters (lactones) is 1. The van der Waals surface area contributed by atoms with Gasteiger partial charge in [0, 0.05) is 13.2 Å². The van der Waals surface area contributed by atoms with E-state index in [0.29, 0.717) is 31.5 Å². The van der Waals surface area contributed by atoms with Crippen LogP contribution < -0.4 is 4.84 Å². The number of esters is 1. The van der Waals surface area contributed by atoms with Crippen molar-refractivity contribution in [2.45, 2.75) is 78.2 Å². The van der Waals surface area contributed by atoms with Crippen molar-refractivity contribution >= 4 is 17.7 Å². The summed E-state index contributed by atoms with van der Waals surface area (Å²) in [5.74, 6) is 0.534. The zero-order chi connectivity index (χ0) is 17.4. The van der Waals surface area contributed by atoms with Crippen LogP contribution in [0.15, 0.2) is 0 Å². The van der Waals surface area contributed by atoms with E-state index in [4.69, 9.17) is 26.0 Å². The molecule has 0 aromatic heterocycles. The minimum absolute atomic E-state index is 0.0759. The van der Waals surface area contributed by atoms with Crippen LogP contribution in [0.2, 0.25) is 0 Å². The van der Waals surface area contributed by atoms with Crippen LogP contribution in [0.1, 0.15) is 53.9 Å². The van der Waals surface area contributed by atoms with E-state index < -0.39 is 6.04 Å². The van der Waals surface area contributed by atoms with Crippen LogP contribution in [-0.4, -0.2) is 43.5 Å². The van der Waals surface area contributed by atoms with Gasteiger partial charge in [-0.15, -0.1) is 0 Å². The summed E-state index contributed by atoms with van der Waals surface area (Å²) in [5, 5.41) is 0. The Labute approximate surface area is 145 Å². The summed E-state index contributed by atoms with van der Waals surface area (Å²) in [7, 11) is 0. The van der Waals surface area contributed by atoms with Gasteiger partial charge in [-0.1, -0.05) is 27.7 Å². The summed E-state index contributed by atoms with van der Waals surface area (Å²) in [6.45, 7) is 11.6. The fourth-order valence-corrected chi connectivity index (χ4v) is 2.78. The first kappa shape index (κ1) is 20.7. The molecule has 0 spiro atoms. The van der Waals surface area contributed by atoms with Crippen LogP contribution in [0.3, 0.4) is 0 Å². The molecular weight excluding hydrogens is 318 g/mol. The second-order valence-corrected chi connectivity index (χ2v) is 7.41. The lowest BCUT2D eigenvalue weighted by Gasteiger charge is -2.32. The minimum atomic E-state index is -0.478. The number of rotatable bonds is 7. The lowest BCUT2D eigenvalue weighted by Crippen LogP contribution is -2.44. The molecule has 1 aliphatic rings. The lowest BCUT2D eigenvalue weighted by atomic mass is 10.0. The second-order valence-electron chi connectivity index (χ2n) is 7.19. The third-order valence-corrected chi connectivity index (χ3v) is 4.06. The molecule has 1 heterocycles. The van der Waals surface area contributed by atoms with Crippen molar-refractivity contribution in [1.29, 1.82) is 0 Å². The predicted molar refractivity (Wildman–Crippen MR) is 91.3 cm³/mol. The van der Waals surface area contributed by atoms with E-state index in [1.807, 2.05) is 6.92 Å². The number of hydrogen-bond acceptors (Lipinski definition) is 5. The van der Waals surface area contributed by atoms with Gasteiger partial charge in [0.25, 0.3) is 0 Å². The molecule has 1 saturated heterocycles. The molecule has 23 heavy (non-hydrogen) atoms. The molecule has 0 aromatic rings. The molecular formula is C17H32ClNO4. The third kappa shape index (κ3) is 7.38. The largest absolute Gasteiger partial charge is 0.459 e. The monoisotopic (exact) mass is 349 g/mol. The molecule has 0 aliphatic carbocycles. The molecule has 0 radical (unpaired) electrons. The average Bonchev–Trinajstić information content (AvgIpc) is 2.51. The molecule has 0 amide bonds. The summed E-state index contributed by atoms with van der Waals surface area (Å²) in [4.78, 5) is 14.7. The van der Waals surface area contributed by atoms with Crippen molar-refractivity contribution in [3.05, 3.63) is 0 Å². The van der Waals surface area contributed by atoms with Crippen molar-refractivity contribution in [1.82, 2.24) is 4.84 Å². The molecule has 0 aromatic carbocycles. The number of hydrogen-bond donors (Lipinski definition) is 1. The number of carbonyl (C=O) groups excluding carboxylic acids is 1. The van der Waals surface area contributed by atoms with Gasteiger partial charge in [-0.2, -0.15) is 0 Å². The molecule has 5 nitrogen and oxygen atoms in total. The minimum Gasteiger partial charge on any atom is -0.459 e. The maximum absolute atomic E-state index is 12.2. The van der Waals surface area contributed by atoms with E-state index in [1.165, 1.54) is 0 Å². The van der Waals surface area contributed by atoms with Crippen molar-refractivity contribution in [3.63, 3.8) is 0 Å². The van der Waals surface area contributed by atoms with Crippen LogP contribution in [0.25, 0.3) is 0 Å². The highest BCUT2D eigenvalue weighted by Gasteiger charge is 2.35. The fraction of sp³-hybridized carbons (Fsp3) is 0.941. The van der Waals surface area contributed by atoms with Crippen molar-refractivity contribution in [3.8, 4) is 0 Å². The number of carbonyl (C=O) groups is 1. The maximum Gasteiger partial charge on any atom is 0.324 e. The Morgan fingerprint density at radius 3 is 2.35 bits per heavy atom. The van der Waals surface area contributed by atoms with E-state index in [-0.39, 0.29) is 24.3 Å². The Bertz CT molecular complexity index is 351. The van der Waals surface area contributed by atoms with Gasteiger partial charge < -0.3 is 14.2 Å². The Hall–Kier alpha value is -0.360. The first-order valence-corrected chi connectivity index (χ1v) is 9.02. The lowest BCUT2D eigenvalue weighted by molar-refractivity contribution is -0.169.